The number of carbonyl (C=O) groups is 2. The SMILES string of the molecule is Cc1ccc(NC(=O)C(=O)NN=Cc2ccc(Cl)cc2)cc1. The predicted octanol–water partition coefficient (Wildman–Crippen LogP) is 2.74. The van der Waals surface area contributed by atoms with Crippen molar-refractivity contribution in [2.24, 2.45) is 5.10 Å². The number of hydrogen-bond donors (Lipinski definition) is 2. The summed E-state index contributed by atoms with van der Waals surface area (Å²) in [5.74, 6) is -1.62. The minimum Gasteiger partial charge on any atom is -0.318 e. The van der Waals surface area contributed by atoms with Crippen LogP contribution in [0.5, 0.6) is 0 Å². The molecular formula is C16H14ClN3O2. The van der Waals surface area contributed by atoms with Gasteiger partial charge in [-0.1, -0.05) is 41.4 Å². The minimum atomic E-state index is -0.842. The molecular weight excluding hydrogens is 302 g/mol. The molecule has 0 saturated carbocycles. The van der Waals surface area contributed by atoms with E-state index in [0.717, 1.165) is 11.1 Å². The third-order valence-corrected chi connectivity index (χ3v) is 3.02. The summed E-state index contributed by atoms with van der Waals surface area (Å²) >= 11 is 5.76. The number of halogens is 1. The Morgan fingerprint density at radius 3 is 2.27 bits per heavy atom. The lowest BCUT2D eigenvalue weighted by atomic mass is 10.2. The summed E-state index contributed by atoms with van der Waals surface area (Å²) in [5, 5.41) is 6.81. The van der Waals surface area contributed by atoms with Crippen LogP contribution in [-0.2, 0) is 9.59 Å². The first-order valence-electron chi connectivity index (χ1n) is 6.51. The van der Waals surface area contributed by atoms with E-state index in [1.807, 2.05) is 19.1 Å². The fraction of sp³-hybridized carbons (Fsp3) is 0.0625. The van der Waals surface area contributed by atoms with Crippen molar-refractivity contribution in [1.82, 2.24) is 5.43 Å². The molecule has 0 unspecified atom stereocenters. The normalized spacial score (nSPS) is 10.5. The molecule has 0 spiro atoms. The monoisotopic (exact) mass is 315 g/mol. The fourth-order valence-electron chi connectivity index (χ4n) is 1.59. The second-order valence-electron chi connectivity index (χ2n) is 4.57. The van der Waals surface area contributed by atoms with Gasteiger partial charge < -0.3 is 5.32 Å². The van der Waals surface area contributed by atoms with Gasteiger partial charge in [0.15, 0.2) is 0 Å². The third-order valence-electron chi connectivity index (χ3n) is 2.77. The van der Waals surface area contributed by atoms with Crippen molar-refractivity contribution in [2.75, 3.05) is 5.32 Å². The Morgan fingerprint density at radius 2 is 1.64 bits per heavy atom. The lowest BCUT2D eigenvalue weighted by Gasteiger charge is -2.04. The number of hydrazone groups is 1. The lowest BCUT2D eigenvalue weighted by molar-refractivity contribution is -0.136. The molecule has 0 aliphatic heterocycles. The molecule has 22 heavy (non-hydrogen) atoms. The average Bonchev–Trinajstić information content (AvgIpc) is 2.51. The molecule has 2 N–H and O–H groups in total. The lowest BCUT2D eigenvalue weighted by Crippen LogP contribution is -2.32. The first-order chi connectivity index (χ1) is 10.5. The zero-order chi connectivity index (χ0) is 15.9. The van der Waals surface area contributed by atoms with Crippen LogP contribution in [0.4, 0.5) is 5.69 Å². The zero-order valence-corrected chi connectivity index (χ0v) is 12.6. The van der Waals surface area contributed by atoms with Crippen molar-refractivity contribution in [2.45, 2.75) is 6.92 Å². The van der Waals surface area contributed by atoms with Crippen LogP contribution in [0.2, 0.25) is 5.02 Å². The number of benzene rings is 2. The first kappa shape index (κ1) is 15.7. The van der Waals surface area contributed by atoms with Gasteiger partial charge in [0.1, 0.15) is 0 Å². The second-order valence-corrected chi connectivity index (χ2v) is 5.01. The van der Waals surface area contributed by atoms with E-state index in [9.17, 15) is 9.59 Å². The van der Waals surface area contributed by atoms with E-state index >= 15 is 0 Å². The van der Waals surface area contributed by atoms with Crippen LogP contribution < -0.4 is 10.7 Å². The van der Waals surface area contributed by atoms with Crippen LogP contribution in [0.1, 0.15) is 11.1 Å². The van der Waals surface area contributed by atoms with Crippen LogP contribution in [0.15, 0.2) is 53.6 Å². The number of carbonyl (C=O) groups excluding carboxylic acids is 2. The summed E-state index contributed by atoms with van der Waals surface area (Å²) in [5.41, 5.74) is 4.53. The van der Waals surface area contributed by atoms with E-state index in [4.69, 9.17) is 11.6 Å². The summed E-state index contributed by atoms with van der Waals surface area (Å²) in [6, 6.07) is 14.0. The van der Waals surface area contributed by atoms with Crippen LogP contribution in [0.25, 0.3) is 0 Å². The summed E-state index contributed by atoms with van der Waals surface area (Å²) in [7, 11) is 0. The van der Waals surface area contributed by atoms with Gasteiger partial charge in [-0.3, -0.25) is 9.59 Å². The van der Waals surface area contributed by atoms with E-state index in [-0.39, 0.29) is 0 Å². The van der Waals surface area contributed by atoms with Gasteiger partial charge in [-0.05, 0) is 36.8 Å². The van der Waals surface area contributed by atoms with E-state index < -0.39 is 11.8 Å². The summed E-state index contributed by atoms with van der Waals surface area (Å²) in [6.45, 7) is 1.93. The Kier molecular flexibility index (Phi) is 5.27. The maximum Gasteiger partial charge on any atom is 0.329 e. The van der Waals surface area contributed by atoms with Crippen LogP contribution in [-0.4, -0.2) is 18.0 Å². The Bertz CT molecular complexity index is 694. The largest absolute Gasteiger partial charge is 0.329 e. The quantitative estimate of drug-likeness (QED) is 0.519. The number of nitrogens with one attached hydrogen (secondary N) is 2. The van der Waals surface area contributed by atoms with E-state index in [1.165, 1.54) is 6.21 Å². The molecule has 2 rings (SSSR count). The molecule has 0 aliphatic rings. The third kappa shape index (κ3) is 4.71. The maximum absolute atomic E-state index is 11.7. The van der Waals surface area contributed by atoms with Gasteiger partial charge in [0.05, 0.1) is 6.21 Å². The Hall–Kier alpha value is -2.66. The molecule has 0 radical (unpaired) electrons. The van der Waals surface area contributed by atoms with Gasteiger partial charge in [0.25, 0.3) is 0 Å². The van der Waals surface area contributed by atoms with E-state index in [2.05, 4.69) is 15.8 Å². The number of amides is 2. The molecule has 0 atom stereocenters. The predicted molar refractivity (Wildman–Crippen MR) is 87.0 cm³/mol. The number of rotatable bonds is 3. The van der Waals surface area contributed by atoms with Crippen molar-refractivity contribution < 1.29 is 9.59 Å². The number of nitrogens with zero attached hydrogens (tertiary/aromatic N) is 1. The molecule has 2 aromatic rings. The minimum absolute atomic E-state index is 0.549. The van der Waals surface area contributed by atoms with Crippen molar-refractivity contribution >= 4 is 35.3 Å². The molecule has 6 heteroatoms. The number of anilines is 1. The van der Waals surface area contributed by atoms with E-state index in [0.29, 0.717) is 10.7 Å². The molecule has 112 valence electrons. The molecule has 0 aliphatic carbocycles. The van der Waals surface area contributed by atoms with Crippen LogP contribution in [0.3, 0.4) is 0 Å². The summed E-state index contributed by atoms with van der Waals surface area (Å²) in [4.78, 5) is 23.3. The topological polar surface area (TPSA) is 70.6 Å². The van der Waals surface area contributed by atoms with Crippen LogP contribution >= 0.6 is 11.6 Å². The highest BCUT2D eigenvalue weighted by atomic mass is 35.5. The number of aryl methyl sites for hydroxylation is 1. The Morgan fingerprint density at radius 1 is 1.00 bits per heavy atom. The molecule has 0 saturated heterocycles. The molecule has 0 bridgehead atoms. The highest BCUT2D eigenvalue weighted by Crippen LogP contribution is 2.08. The number of hydrogen-bond acceptors (Lipinski definition) is 3. The van der Waals surface area contributed by atoms with Gasteiger partial charge in [-0.15, -0.1) is 0 Å². The Labute approximate surface area is 133 Å². The van der Waals surface area contributed by atoms with Crippen molar-refractivity contribution in [1.29, 1.82) is 0 Å². The molecule has 0 aromatic heterocycles. The van der Waals surface area contributed by atoms with Gasteiger partial charge >= 0.3 is 11.8 Å². The van der Waals surface area contributed by atoms with Crippen molar-refractivity contribution in [3.8, 4) is 0 Å². The van der Waals surface area contributed by atoms with E-state index in [1.54, 1.807) is 36.4 Å². The molecule has 2 amide bonds. The molecule has 5 nitrogen and oxygen atoms in total. The fourth-order valence-corrected chi connectivity index (χ4v) is 1.72. The van der Waals surface area contributed by atoms with Gasteiger partial charge in [0.2, 0.25) is 0 Å². The van der Waals surface area contributed by atoms with Crippen molar-refractivity contribution in [3.63, 3.8) is 0 Å². The molecule has 2 aromatic carbocycles. The summed E-state index contributed by atoms with van der Waals surface area (Å²) < 4.78 is 0. The summed E-state index contributed by atoms with van der Waals surface area (Å²) in [6.07, 6.45) is 1.42. The van der Waals surface area contributed by atoms with Crippen molar-refractivity contribution in [3.05, 3.63) is 64.7 Å². The second kappa shape index (κ2) is 7.38. The average molecular weight is 316 g/mol. The Balaban J connectivity index is 1.87. The highest BCUT2D eigenvalue weighted by molar-refractivity contribution is 6.39. The first-order valence-corrected chi connectivity index (χ1v) is 6.89. The van der Waals surface area contributed by atoms with Gasteiger partial charge in [-0.2, -0.15) is 5.10 Å². The van der Waals surface area contributed by atoms with Gasteiger partial charge in [0, 0.05) is 10.7 Å². The maximum atomic E-state index is 11.7. The smallest absolute Gasteiger partial charge is 0.318 e. The standard InChI is InChI=1S/C16H14ClN3O2/c1-11-2-8-14(9-3-11)19-15(21)16(22)20-18-10-12-4-6-13(17)7-5-12/h2-10H,1H3,(H,19,21)(H,20,22). The molecule has 0 heterocycles. The zero-order valence-electron chi connectivity index (χ0n) is 11.8. The highest BCUT2D eigenvalue weighted by Gasteiger charge is 2.12. The van der Waals surface area contributed by atoms with Gasteiger partial charge in [-0.25, -0.2) is 5.43 Å². The molecule has 0 fully saturated rings. The van der Waals surface area contributed by atoms with Crippen LogP contribution in [0, 0.1) is 6.92 Å².